The van der Waals surface area contributed by atoms with Gasteiger partial charge in [0.05, 0.1) is 28.1 Å². The summed E-state index contributed by atoms with van der Waals surface area (Å²) in [6, 6.07) is 4.41. The van der Waals surface area contributed by atoms with Crippen LogP contribution in [-0.4, -0.2) is 25.8 Å². The molecule has 0 radical (unpaired) electrons. The molecule has 2 N–H and O–H groups in total. The van der Waals surface area contributed by atoms with Crippen molar-refractivity contribution in [3.63, 3.8) is 0 Å². The topological polar surface area (TPSA) is 87.2 Å². The van der Waals surface area contributed by atoms with Crippen LogP contribution in [0.4, 0.5) is 5.69 Å². The fourth-order valence-corrected chi connectivity index (χ4v) is 3.42. The zero-order valence-electron chi connectivity index (χ0n) is 11.0. The number of nitriles is 1. The molecule has 0 spiro atoms. The maximum Gasteiger partial charge on any atom is 0.243 e. The first-order valence-electron chi connectivity index (χ1n) is 5.62. The molecule has 0 heterocycles. The van der Waals surface area contributed by atoms with Crippen LogP contribution in [0.2, 0.25) is 5.02 Å². The molecule has 1 aromatic rings. The molecule has 0 aliphatic heterocycles. The number of halogens is 1. The van der Waals surface area contributed by atoms with Gasteiger partial charge in [0.25, 0.3) is 0 Å². The molecule has 1 aromatic carbocycles. The van der Waals surface area contributed by atoms with Crippen molar-refractivity contribution in [1.29, 1.82) is 5.26 Å². The van der Waals surface area contributed by atoms with E-state index in [1.54, 1.807) is 13.8 Å². The van der Waals surface area contributed by atoms with Crippen LogP contribution in [0.3, 0.4) is 0 Å². The van der Waals surface area contributed by atoms with Crippen molar-refractivity contribution in [3.05, 3.63) is 22.7 Å². The summed E-state index contributed by atoms with van der Waals surface area (Å²) < 4.78 is 26.1. The van der Waals surface area contributed by atoms with E-state index in [2.05, 4.69) is 0 Å². The molecular formula is C12H16ClN3O2S. The SMILES string of the molecule is Cc1cc(Cl)c(N)cc1S(=O)(=O)N(C)C(C)CC#N. The monoisotopic (exact) mass is 301 g/mol. The predicted molar refractivity (Wildman–Crippen MR) is 75.2 cm³/mol. The van der Waals surface area contributed by atoms with E-state index < -0.39 is 16.1 Å². The summed E-state index contributed by atoms with van der Waals surface area (Å²) in [5.74, 6) is 0. The first kappa shape index (κ1) is 15.8. The van der Waals surface area contributed by atoms with Gasteiger partial charge in [0.2, 0.25) is 10.0 Å². The van der Waals surface area contributed by atoms with Gasteiger partial charge in [-0.05, 0) is 31.5 Å². The molecule has 7 heteroatoms. The molecule has 5 nitrogen and oxygen atoms in total. The number of hydrogen-bond donors (Lipinski definition) is 1. The molecule has 0 aliphatic carbocycles. The van der Waals surface area contributed by atoms with Crippen LogP contribution in [0, 0.1) is 18.3 Å². The minimum absolute atomic E-state index is 0.113. The lowest BCUT2D eigenvalue weighted by atomic mass is 10.2. The molecule has 0 aliphatic rings. The molecule has 1 rings (SSSR count). The third kappa shape index (κ3) is 3.18. The van der Waals surface area contributed by atoms with E-state index in [4.69, 9.17) is 22.6 Å². The molecule has 0 saturated carbocycles. The first-order chi connectivity index (χ1) is 8.71. The van der Waals surface area contributed by atoms with Crippen LogP contribution in [0.5, 0.6) is 0 Å². The predicted octanol–water partition coefficient (Wildman–Crippen LogP) is 2.15. The van der Waals surface area contributed by atoms with Crippen molar-refractivity contribution < 1.29 is 8.42 Å². The molecule has 0 amide bonds. The average molecular weight is 302 g/mol. The highest BCUT2D eigenvalue weighted by atomic mass is 35.5. The van der Waals surface area contributed by atoms with Gasteiger partial charge in [0.15, 0.2) is 0 Å². The van der Waals surface area contributed by atoms with Gasteiger partial charge in [-0.15, -0.1) is 0 Å². The van der Waals surface area contributed by atoms with Crippen LogP contribution < -0.4 is 5.73 Å². The molecule has 1 unspecified atom stereocenters. The summed E-state index contributed by atoms with van der Waals surface area (Å²) in [7, 11) is -2.24. The lowest BCUT2D eigenvalue weighted by molar-refractivity contribution is 0.393. The van der Waals surface area contributed by atoms with Crippen molar-refractivity contribution in [1.82, 2.24) is 4.31 Å². The highest BCUT2D eigenvalue weighted by Crippen LogP contribution is 2.28. The normalized spacial score (nSPS) is 13.3. The van der Waals surface area contributed by atoms with Crippen molar-refractivity contribution in [2.75, 3.05) is 12.8 Å². The average Bonchev–Trinajstić information content (AvgIpc) is 2.32. The number of nitrogens with two attached hydrogens (primary N) is 1. The number of anilines is 1. The summed E-state index contributed by atoms with van der Waals surface area (Å²) in [6.45, 7) is 3.33. The van der Waals surface area contributed by atoms with Crippen LogP contribution in [-0.2, 0) is 10.0 Å². The number of nitrogens with zero attached hydrogens (tertiary/aromatic N) is 2. The Labute approximate surface area is 118 Å². The second-order valence-electron chi connectivity index (χ2n) is 4.37. The summed E-state index contributed by atoms with van der Waals surface area (Å²) >= 11 is 5.85. The smallest absolute Gasteiger partial charge is 0.243 e. The van der Waals surface area contributed by atoms with Crippen molar-refractivity contribution in [3.8, 4) is 6.07 Å². The molecule has 104 valence electrons. The Morgan fingerprint density at radius 3 is 2.63 bits per heavy atom. The van der Waals surface area contributed by atoms with Crippen LogP contribution in [0.1, 0.15) is 18.9 Å². The Morgan fingerprint density at radius 1 is 1.53 bits per heavy atom. The van der Waals surface area contributed by atoms with Crippen LogP contribution >= 0.6 is 11.6 Å². The van der Waals surface area contributed by atoms with E-state index in [1.165, 1.54) is 23.5 Å². The van der Waals surface area contributed by atoms with E-state index in [9.17, 15) is 8.42 Å². The van der Waals surface area contributed by atoms with Gasteiger partial charge in [0, 0.05) is 13.1 Å². The summed E-state index contributed by atoms with van der Waals surface area (Å²) in [5.41, 5.74) is 6.39. The number of sulfonamides is 1. The molecular weight excluding hydrogens is 286 g/mol. The summed E-state index contributed by atoms with van der Waals surface area (Å²) in [5, 5.41) is 8.97. The van der Waals surface area contributed by atoms with E-state index in [0.29, 0.717) is 10.6 Å². The van der Waals surface area contributed by atoms with E-state index in [0.717, 1.165) is 0 Å². The standard InChI is InChI=1S/C12H16ClN3O2S/c1-8-6-10(13)11(15)7-12(8)19(17,18)16(3)9(2)4-5-14/h6-7,9H,4,15H2,1-3H3. The minimum Gasteiger partial charge on any atom is -0.397 e. The first-order valence-corrected chi connectivity index (χ1v) is 7.44. The number of nitrogen functional groups attached to an aromatic ring is 1. The number of benzene rings is 1. The third-order valence-electron chi connectivity index (χ3n) is 2.96. The van der Waals surface area contributed by atoms with Crippen molar-refractivity contribution in [2.24, 2.45) is 0 Å². The second-order valence-corrected chi connectivity index (χ2v) is 6.74. The zero-order chi connectivity index (χ0) is 14.8. The molecule has 1 atom stereocenters. The maximum absolute atomic E-state index is 12.5. The highest BCUT2D eigenvalue weighted by molar-refractivity contribution is 7.89. The van der Waals surface area contributed by atoms with Gasteiger partial charge >= 0.3 is 0 Å². The fourth-order valence-electron chi connectivity index (χ4n) is 1.60. The van der Waals surface area contributed by atoms with Gasteiger partial charge in [-0.3, -0.25) is 0 Å². The minimum atomic E-state index is -3.69. The Balaban J connectivity index is 3.29. The lowest BCUT2D eigenvalue weighted by Crippen LogP contribution is -2.35. The molecule has 0 bridgehead atoms. The van der Waals surface area contributed by atoms with Crippen molar-refractivity contribution in [2.45, 2.75) is 31.2 Å². The number of hydrogen-bond acceptors (Lipinski definition) is 4. The zero-order valence-corrected chi connectivity index (χ0v) is 12.6. The van der Waals surface area contributed by atoms with Gasteiger partial charge in [-0.2, -0.15) is 9.57 Å². The maximum atomic E-state index is 12.5. The summed E-state index contributed by atoms with van der Waals surface area (Å²) in [4.78, 5) is 0.113. The van der Waals surface area contributed by atoms with Gasteiger partial charge in [0.1, 0.15) is 0 Å². The Kier molecular flexibility index (Phi) is 4.80. The molecule has 19 heavy (non-hydrogen) atoms. The quantitative estimate of drug-likeness (QED) is 0.863. The van der Waals surface area contributed by atoms with E-state index >= 15 is 0 Å². The van der Waals surface area contributed by atoms with E-state index in [-0.39, 0.29) is 17.0 Å². The number of rotatable bonds is 4. The molecule has 0 aromatic heterocycles. The van der Waals surface area contributed by atoms with Crippen molar-refractivity contribution >= 4 is 27.3 Å². The fraction of sp³-hybridized carbons (Fsp3) is 0.417. The number of aryl methyl sites for hydroxylation is 1. The van der Waals surface area contributed by atoms with E-state index in [1.807, 2.05) is 6.07 Å². The second kappa shape index (κ2) is 5.78. The lowest BCUT2D eigenvalue weighted by Gasteiger charge is -2.23. The molecule has 0 fully saturated rings. The third-order valence-corrected chi connectivity index (χ3v) is 5.40. The Morgan fingerprint density at radius 2 is 2.11 bits per heavy atom. The van der Waals surface area contributed by atoms with Gasteiger partial charge in [-0.1, -0.05) is 11.6 Å². The van der Waals surface area contributed by atoms with Crippen LogP contribution in [0.25, 0.3) is 0 Å². The van der Waals surface area contributed by atoms with Gasteiger partial charge in [-0.25, -0.2) is 8.42 Å². The van der Waals surface area contributed by atoms with Gasteiger partial charge < -0.3 is 5.73 Å². The Hall–Kier alpha value is -1.29. The van der Waals surface area contributed by atoms with Crippen LogP contribution in [0.15, 0.2) is 17.0 Å². The molecule has 0 saturated heterocycles. The highest BCUT2D eigenvalue weighted by Gasteiger charge is 2.27. The Bertz CT molecular complexity index is 623. The largest absolute Gasteiger partial charge is 0.397 e. The summed E-state index contributed by atoms with van der Waals surface area (Å²) in [6.07, 6.45) is 0.123.